The van der Waals surface area contributed by atoms with E-state index in [9.17, 15) is 8.78 Å². The van der Waals surface area contributed by atoms with Crippen molar-refractivity contribution in [2.24, 2.45) is 0 Å². The Morgan fingerprint density at radius 1 is 1.20 bits per heavy atom. The van der Waals surface area contributed by atoms with Crippen LogP contribution in [0.2, 0.25) is 0 Å². The molecule has 1 N–H and O–H groups in total. The van der Waals surface area contributed by atoms with E-state index in [2.05, 4.69) is 10.3 Å². The summed E-state index contributed by atoms with van der Waals surface area (Å²) in [6.45, 7) is 4.04. The lowest BCUT2D eigenvalue weighted by atomic mass is 10.0. The van der Waals surface area contributed by atoms with E-state index >= 15 is 0 Å². The fourth-order valence-corrected chi connectivity index (χ4v) is 2.07. The fourth-order valence-electron chi connectivity index (χ4n) is 2.07. The highest BCUT2D eigenvalue weighted by molar-refractivity contribution is 5.27. The van der Waals surface area contributed by atoms with Crippen LogP contribution in [-0.2, 0) is 6.42 Å². The summed E-state index contributed by atoms with van der Waals surface area (Å²) in [5.74, 6) is -0.749. The van der Waals surface area contributed by atoms with Gasteiger partial charge < -0.3 is 5.32 Å². The van der Waals surface area contributed by atoms with Crippen LogP contribution in [-0.4, -0.2) is 11.5 Å². The molecule has 0 aliphatic carbocycles. The first-order valence-corrected chi connectivity index (χ1v) is 6.66. The number of benzene rings is 1. The van der Waals surface area contributed by atoms with Crippen LogP contribution in [0.5, 0.6) is 0 Å². The standard InChI is InChI=1S/C16H18F2N2/c1-11-9-16(18)14(10-15(11)17)12(2)19-8-6-13-5-3-4-7-20-13/h3-5,7,9-10,12,19H,6,8H2,1-2H3. The average molecular weight is 276 g/mol. The summed E-state index contributed by atoms with van der Waals surface area (Å²) < 4.78 is 27.3. The molecule has 1 aromatic carbocycles. The van der Waals surface area contributed by atoms with Crippen molar-refractivity contribution in [3.05, 3.63) is 65.0 Å². The number of hydrogen-bond donors (Lipinski definition) is 1. The van der Waals surface area contributed by atoms with Crippen LogP contribution < -0.4 is 5.32 Å². The van der Waals surface area contributed by atoms with Gasteiger partial charge in [-0.25, -0.2) is 8.78 Å². The van der Waals surface area contributed by atoms with E-state index in [0.717, 1.165) is 12.1 Å². The van der Waals surface area contributed by atoms with Gasteiger partial charge in [0.1, 0.15) is 11.6 Å². The van der Waals surface area contributed by atoms with Gasteiger partial charge in [-0.2, -0.15) is 0 Å². The molecule has 0 radical (unpaired) electrons. The number of halogens is 2. The van der Waals surface area contributed by atoms with Crippen LogP contribution in [0.3, 0.4) is 0 Å². The van der Waals surface area contributed by atoms with Gasteiger partial charge in [0.15, 0.2) is 0 Å². The molecule has 0 fully saturated rings. The van der Waals surface area contributed by atoms with Crippen molar-refractivity contribution in [2.45, 2.75) is 26.3 Å². The molecule has 1 heterocycles. The van der Waals surface area contributed by atoms with E-state index in [1.807, 2.05) is 25.1 Å². The summed E-state index contributed by atoms with van der Waals surface area (Å²) in [4.78, 5) is 4.22. The lowest BCUT2D eigenvalue weighted by molar-refractivity contribution is 0.517. The number of nitrogens with zero attached hydrogens (tertiary/aromatic N) is 1. The molecule has 1 aromatic heterocycles. The van der Waals surface area contributed by atoms with E-state index in [1.54, 1.807) is 13.1 Å². The smallest absolute Gasteiger partial charge is 0.128 e. The predicted molar refractivity (Wildman–Crippen MR) is 75.5 cm³/mol. The van der Waals surface area contributed by atoms with Crippen molar-refractivity contribution in [2.75, 3.05) is 6.54 Å². The summed E-state index contributed by atoms with van der Waals surface area (Å²) >= 11 is 0. The Bertz CT molecular complexity index is 570. The maximum Gasteiger partial charge on any atom is 0.128 e. The third kappa shape index (κ3) is 3.61. The third-order valence-corrected chi connectivity index (χ3v) is 3.30. The van der Waals surface area contributed by atoms with E-state index in [-0.39, 0.29) is 17.7 Å². The van der Waals surface area contributed by atoms with Crippen molar-refractivity contribution in [1.82, 2.24) is 10.3 Å². The predicted octanol–water partition coefficient (Wildman–Crippen LogP) is 3.56. The molecule has 20 heavy (non-hydrogen) atoms. The van der Waals surface area contributed by atoms with Crippen molar-refractivity contribution in [1.29, 1.82) is 0 Å². The molecule has 0 spiro atoms. The van der Waals surface area contributed by atoms with Crippen molar-refractivity contribution in [3.8, 4) is 0 Å². The Hall–Kier alpha value is -1.81. The second-order valence-electron chi connectivity index (χ2n) is 4.87. The van der Waals surface area contributed by atoms with Gasteiger partial charge in [-0.3, -0.25) is 4.98 Å². The largest absolute Gasteiger partial charge is 0.310 e. The molecular weight excluding hydrogens is 258 g/mol. The monoisotopic (exact) mass is 276 g/mol. The summed E-state index contributed by atoms with van der Waals surface area (Å²) in [6, 6.07) is 8.00. The molecule has 0 saturated heterocycles. The second-order valence-corrected chi connectivity index (χ2v) is 4.87. The highest BCUT2D eigenvalue weighted by Gasteiger charge is 2.13. The topological polar surface area (TPSA) is 24.9 Å². The number of aryl methyl sites for hydroxylation is 1. The van der Waals surface area contributed by atoms with Gasteiger partial charge in [-0.15, -0.1) is 0 Å². The van der Waals surface area contributed by atoms with Gasteiger partial charge in [-0.1, -0.05) is 6.07 Å². The molecule has 0 saturated carbocycles. The van der Waals surface area contributed by atoms with Gasteiger partial charge in [0.05, 0.1) is 0 Å². The van der Waals surface area contributed by atoms with Crippen LogP contribution in [0.1, 0.15) is 29.8 Å². The van der Waals surface area contributed by atoms with E-state index in [0.29, 0.717) is 17.7 Å². The minimum absolute atomic E-state index is 0.242. The first-order chi connectivity index (χ1) is 9.58. The molecule has 106 valence electrons. The van der Waals surface area contributed by atoms with Gasteiger partial charge >= 0.3 is 0 Å². The molecule has 0 amide bonds. The maximum absolute atomic E-state index is 13.8. The van der Waals surface area contributed by atoms with E-state index < -0.39 is 0 Å². The molecule has 4 heteroatoms. The zero-order valence-corrected chi connectivity index (χ0v) is 11.7. The van der Waals surface area contributed by atoms with Crippen LogP contribution in [0.25, 0.3) is 0 Å². The molecule has 1 unspecified atom stereocenters. The minimum atomic E-state index is -0.375. The molecule has 0 aliphatic heterocycles. The molecule has 0 aliphatic rings. The minimum Gasteiger partial charge on any atom is -0.310 e. The summed E-state index contributed by atoms with van der Waals surface area (Å²) in [6.07, 6.45) is 2.49. The third-order valence-electron chi connectivity index (χ3n) is 3.30. The highest BCUT2D eigenvalue weighted by Crippen LogP contribution is 2.20. The molecular formula is C16H18F2N2. The normalized spacial score (nSPS) is 12.4. The number of nitrogens with one attached hydrogen (secondary N) is 1. The second kappa shape index (κ2) is 6.57. The van der Waals surface area contributed by atoms with Gasteiger partial charge in [0.25, 0.3) is 0 Å². The number of hydrogen-bond acceptors (Lipinski definition) is 2. The Balaban J connectivity index is 1.95. The number of rotatable bonds is 5. The Labute approximate surface area is 117 Å². The molecule has 0 bridgehead atoms. The van der Waals surface area contributed by atoms with Gasteiger partial charge in [0, 0.05) is 36.5 Å². The van der Waals surface area contributed by atoms with E-state index in [1.165, 1.54) is 12.1 Å². The maximum atomic E-state index is 13.8. The molecule has 2 nitrogen and oxygen atoms in total. The quantitative estimate of drug-likeness (QED) is 0.903. The van der Waals surface area contributed by atoms with Crippen LogP contribution in [0, 0.1) is 18.6 Å². The van der Waals surface area contributed by atoms with Crippen molar-refractivity contribution < 1.29 is 8.78 Å². The molecule has 2 rings (SSSR count). The van der Waals surface area contributed by atoms with Crippen LogP contribution >= 0.6 is 0 Å². The summed E-state index contributed by atoms with van der Waals surface area (Å²) in [7, 11) is 0. The zero-order valence-electron chi connectivity index (χ0n) is 11.7. The summed E-state index contributed by atoms with van der Waals surface area (Å²) in [5, 5.41) is 3.19. The van der Waals surface area contributed by atoms with Gasteiger partial charge in [-0.05, 0) is 43.7 Å². The average Bonchev–Trinajstić information content (AvgIpc) is 2.44. The zero-order chi connectivity index (χ0) is 14.5. The first kappa shape index (κ1) is 14.6. The Morgan fingerprint density at radius 2 is 2.00 bits per heavy atom. The highest BCUT2D eigenvalue weighted by atomic mass is 19.1. The number of pyridine rings is 1. The Morgan fingerprint density at radius 3 is 2.70 bits per heavy atom. The van der Waals surface area contributed by atoms with Crippen LogP contribution in [0.4, 0.5) is 8.78 Å². The molecule has 2 aromatic rings. The Kier molecular flexibility index (Phi) is 4.79. The van der Waals surface area contributed by atoms with Crippen molar-refractivity contribution in [3.63, 3.8) is 0 Å². The lowest BCUT2D eigenvalue weighted by Crippen LogP contribution is -2.22. The summed E-state index contributed by atoms with van der Waals surface area (Å²) in [5.41, 5.74) is 1.66. The lowest BCUT2D eigenvalue weighted by Gasteiger charge is -2.15. The SMILES string of the molecule is Cc1cc(F)c(C(C)NCCc2ccccn2)cc1F. The van der Waals surface area contributed by atoms with Gasteiger partial charge in [0.2, 0.25) is 0 Å². The van der Waals surface area contributed by atoms with E-state index in [4.69, 9.17) is 0 Å². The number of aromatic nitrogens is 1. The first-order valence-electron chi connectivity index (χ1n) is 6.66. The van der Waals surface area contributed by atoms with Crippen LogP contribution in [0.15, 0.2) is 36.5 Å². The van der Waals surface area contributed by atoms with Crippen molar-refractivity contribution >= 4 is 0 Å². The molecule has 1 atom stereocenters. The fraction of sp³-hybridized carbons (Fsp3) is 0.312.